The van der Waals surface area contributed by atoms with Crippen molar-refractivity contribution >= 4 is 48.2 Å². The molecule has 0 saturated heterocycles. The minimum absolute atomic E-state index is 0.0120. The summed E-state index contributed by atoms with van der Waals surface area (Å²) in [5, 5.41) is 0. The molecule has 11 rings (SSSR count). The summed E-state index contributed by atoms with van der Waals surface area (Å²) in [5.74, 6) is 12.8. The van der Waals surface area contributed by atoms with Gasteiger partial charge in [-0.25, -0.2) is 0 Å². The Hall–Kier alpha value is -5.78. The minimum Gasteiger partial charge on any atom is -0.496 e. The summed E-state index contributed by atoms with van der Waals surface area (Å²) in [5.41, 5.74) is 4.92. The van der Waals surface area contributed by atoms with Crippen LogP contribution in [0, 0.1) is 105 Å². The van der Waals surface area contributed by atoms with Gasteiger partial charge in [0.05, 0.1) is 39.6 Å². The van der Waals surface area contributed by atoms with Crippen molar-refractivity contribution in [1.82, 2.24) is 0 Å². The van der Waals surface area contributed by atoms with Gasteiger partial charge in [-0.15, -0.1) is 0 Å². The number of carbonyl (C=O) groups excluding carboxylic acids is 4. The molecule has 0 heterocycles. The monoisotopic (exact) mass is 1430 g/mol. The molecular formula is C92H134O12. The molecule has 0 spiro atoms. The zero-order chi connectivity index (χ0) is 74.1. The van der Waals surface area contributed by atoms with E-state index in [1.807, 2.05) is 48.6 Å². The minimum atomic E-state index is -0.388. The summed E-state index contributed by atoms with van der Waals surface area (Å²) < 4.78 is 47.2. The molecule has 8 saturated carbocycles. The average Bonchev–Trinajstić information content (AvgIpc) is 1.37. The Kier molecular flexibility index (Phi) is 26.7. The molecule has 0 bridgehead atoms. The molecule has 8 aliphatic rings. The number of esters is 4. The van der Waals surface area contributed by atoms with Gasteiger partial charge < -0.3 is 37.9 Å². The molecule has 0 aromatic heterocycles. The van der Waals surface area contributed by atoms with E-state index in [0.717, 1.165) is 121 Å². The predicted octanol–water partition coefficient (Wildman–Crippen LogP) is 23.1. The molecule has 18 atom stereocenters. The molecule has 3 aromatic carbocycles. The fourth-order valence-corrected chi connectivity index (χ4v) is 24.0. The lowest BCUT2D eigenvalue weighted by Crippen LogP contribution is -2.54. The van der Waals surface area contributed by atoms with Gasteiger partial charge in [0.2, 0.25) is 0 Å². The number of unbranched alkanes of at least 4 members (excludes halogenated alkanes) is 2. The second kappa shape index (κ2) is 35.1. The normalized spacial score (nSPS) is 31.9. The average molecular weight is 1430 g/mol. The highest BCUT2D eigenvalue weighted by Gasteiger charge is 2.63. The van der Waals surface area contributed by atoms with E-state index < -0.39 is 0 Å². The number of hydrogen-bond donors (Lipinski definition) is 0. The maximum absolute atomic E-state index is 13.3. The third-order valence-electron chi connectivity index (χ3n) is 29.6. The van der Waals surface area contributed by atoms with Crippen LogP contribution >= 0.6 is 0 Å². The van der Waals surface area contributed by atoms with Gasteiger partial charge in [-0.3, -0.25) is 19.2 Å². The Morgan fingerprint density at radius 2 is 0.731 bits per heavy atom. The molecule has 0 radical (unpaired) electrons. The number of ether oxygens (including phenoxy) is 8. The van der Waals surface area contributed by atoms with Crippen molar-refractivity contribution in [3.8, 4) is 34.5 Å². The van der Waals surface area contributed by atoms with Gasteiger partial charge in [0, 0.05) is 49.9 Å². The van der Waals surface area contributed by atoms with Gasteiger partial charge in [-0.05, 0) is 269 Å². The van der Waals surface area contributed by atoms with Crippen molar-refractivity contribution < 1.29 is 57.1 Å². The summed E-state index contributed by atoms with van der Waals surface area (Å²) in [6, 6.07) is 14.8. The second-order valence-electron chi connectivity index (χ2n) is 36.3. The van der Waals surface area contributed by atoms with E-state index in [1.54, 1.807) is 52.7 Å². The quantitative estimate of drug-likeness (QED) is 0.0254. The van der Waals surface area contributed by atoms with E-state index in [9.17, 15) is 19.2 Å². The Morgan fingerprint density at radius 3 is 1.08 bits per heavy atom. The lowest BCUT2D eigenvalue weighted by Gasteiger charge is -2.61. The van der Waals surface area contributed by atoms with Crippen molar-refractivity contribution in [1.29, 1.82) is 0 Å². The highest BCUT2D eigenvalue weighted by Crippen LogP contribution is 2.71. The molecule has 12 heteroatoms. The second-order valence-corrected chi connectivity index (χ2v) is 36.3. The molecule has 4 unspecified atom stereocenters. The third-order valence-corrected chi connectivity index (χ3v) is 29.6. The van der Waals surface area contributed by atoms with Crippen molar-refractivity contribution in [3.05, 3.63) is 70.8 Å². The van der Waals surface area contributed by atoms with E-state index in [1.165, 1.54) is 116 Å². The van der Waals surface area contributed by atoms with Crippen LogP contribution in [0.25, 0.3) is 24.3 Å². The van der Waals surface area contributed by atoms with Crippen molar-refractivity contribution in [2.24, 2.45) is 105 Å². The standard InChI is InChI=1S/C92H134O12/c1-59(2)21-19-23-61(5)75-41-43-77-71-39-35-65-53-67(45-49-89(65,7)79(71)47-51-91(75,77)9)101-85(93)25-15-17-27-87(95)103-69-55-81(97-11)73(82(56-69)98-12)37-33-63-29-31-64(32-30-63)34-38-74-83(99-13)57-70(58-84(74)100-14)104-88(96)28-18-16-26-86(94)102-68-46-50-90(8)66(54-68)36-40-72-78-44-42-76(62(6)24-20-22-60(3)4)92(78,10)52-48-80(72)90/h29-34,37-38,55-62,65-68,71-72,75-80H,15-28,35-36,39-54H2,1-14H3/b37-33+,38-34+/t61-,62-,65?,66?,67?,68?,71+,72+,75-,76-,77+,78+,79+,80+,89+,90+,91-,92-/m1/s1. The first-order valence-corrected chi connectivity index (χ1v) is 41.7. The summed E-state index contributed by atoms with van der Waals surface area (Å²) in [6.07, 6.45) is 41.7. The van der Waals surface area contributed by atoms with Crippen LogP contribution in [0.2, 0.25) is 0 Å². The van der Waals surface area contributed by atoms with E-state index in [2.05, 4.69) is 69.2 Å². The van der Waals surface area contributed by atoms with Gasteiger partial charge >= 0.3 is 23.9 Å². The van der Waals surface area contributed by atoms with Crippen LogP contribution in [0.5, 0.6) is 34.5 Å². The molecule has 12 nitrogen and oxygen atoms in total. The molecule has 8 aliphatic carbocycles. The Morgan fingerprint density at radius 1 is 0.394 bits per heavy atom. The molecule has 0 aliphatic heterocycles. The first-order valence-electron chi connectivity index (χ1n) is 41.7. The number of hydrogen-bond acceptors (Lipinski definition) is 12. The van der Waals surface area contributed by atoms with Gasteiger partial charge in [0.15, 0.2) is 0 Å². The van der Waals surface area contributed by atoms with Crippen LogP contribution in [0.1, 0.15) is 297 Å². The van der Waals surface area contributed by atoms with Gasteiger partial charge in [0.25, 0.3) is 0 Å². The van der Waals surface area contributed by atoms with Gasteiger partial charge in [0.1, 0.15) is 46.7 Å². The number of carbonyl (C=O) groups is 4. The van der Waals surface area contributed by atoms with Crippen molar-refractivity contribution in [3.63, 3.8) is 0 Å². The topological polar surface area (TPSA) is 142 Å². The lowest BCUT2D eigenvalue weighted by atomic mass is 9.44. The molecule has 3 aromatic rings. The first kappa shape index (κ1) is 79.3. The van der Waals surface area contributed by atoms with Crippen LogP contribution in [0.15, 0.2) is 48.5 Å². The molecule has 574 valence electrons. The van der Waals surface area contributed by atoms with Crippen LogP contribution in [-0.2, 0) is 28.7 Å². The maximum Gasteiger partial charge on any atom is 0.311 e. The Bertz CT molecular complexity index is 3160. The van der Waals surface area contributed by atoms with Crippen LogP contribution in [0.3, 0.4) is 0 Å². The maximum atomic E-state index is 13.3. The largest absolute Gasteiger partial charge is 0.496 e. The first-order chi connectivity index (χ1) is 49.9. The van der Waals surface area contributed by atoms with Crippen LogP contribution in [0.4, 0.5) is 0 Å². The lowest BCUT2D eigenvalue weighted by molar-refractivity contribution is -0.163. The smallest absolute Gasteiger partial charge is 0.311 e. The van der Waals surface area contributed by atoms with E-state index in [-0.39, 0.29) is 48.9 Å². The predicted molar refractivity (Wildman–Crippen MR) is 417 cm³/mol. The molecular weight excluding hydrogens is 1300 g/mol. The molecule has 104 heavy (non-hydrogen) atoms. The number of fused-ring (bicyclic) bond motifs is 10. The summed E-state index contributed by atoms with van der Waals surface area (Å²) in [4.78, 5) is 52.9. The number of benzene rings is 3. The summed E-state index contributed by atoms with van der Waals surface area (Å²) >= 11 is 0. The summed E-state index contributed by atoms with van der Waals surface area (Å²) in [7, 11) is 6.29. The van der Waals surface area contributed by atoms with Crippen LogP contribution < -0.4 is 28.4 Å². The SMILES string of the molecule is COc1cc(OC(=O)CCCCC(=O)OC2CC[C@@]3(C)C(CC[C@H]4[C@@H]5CC[C@H]([C@H](C)CCCC(C)C)[C@@]5(C)CC[C@@H]43)C2)cc(OC)c1/C=C/c1ccc(/C=C/c2c(OC)cc(OC(=O)CCCCC(=O)OC3CC[C@@]4(C)C(CC[C@H]5[C@@H]6CC[C@H]([C@H](C)CCCC(C)C)[C@@]6(C)CC[C@@H]54)C3)cc2OC)cc1. The van der Waals surface area contributed by atoms with Gasteiger partial charge in [-0.2, -0.15) is 0 Å². The third kappa shape index (κ3) is 18.0. The Labute approximate surface area is 627 Å². The van der Waals surface area contributed by atoms with Crippen molar-refractivity contribution in [2.75, 3.05) is 28.4 Å². The number of rotatable bonds is 32. The van der Waals surface area contributed by atoms with Gasteiger partial charge in [-0.1, -0.05) is 144 Å². The zero-order valence-electron chi connectivity index (χ0n) is 66.7. The highest BCUT2D eigenvalue weighted by atomic mass is 16.6. The fraction of sp³-hybridized carbons (Fsp3) is 0.717. The molecule has 0 amide bonds. The number of methoxy groups -OCH3 is 4. The Balaban J connectivity index is 0.578. The van der Waals surface area contributed by atoms with E-state index in [0.29, 0.717) is 118 Å². The molecule has 0 N–H and O–H groups in total. The molecule has 8 fully saturated rings. The van der Waals surface area contributed by atoms with Crippen molar-refractivity contribution in [2.45, 2.75) is 287 Å². The van der Waals surface area contributed by atoms with E-state index in [4.69, 9.17) is 37.9 Å². The van der Waals surface area contributed by atoms with Crippen LogP contribution in [-0.4, -0.2) is 64.5 Å². The fourth-order valence-electron chi connectivity index (χ4n) is 24.0. The summed E-state index contributed by atoms with van der Waals surface area (Å²) in [6.45, 7) is 25.2. The van der Waals surface area contributed by atoms with E-state index >= 15 is 0 Å². The highest BCUT2D eigenvalue weighted by molar-refractivity contribution is 5.81. The zero-order valence-corrected chi connectivity index (χ0v) is 66.7.